The third-order valence-electron chi connectivity index (χ3n) is 3.85. The zero-order chi connectivity index (χ0) is 18.8. The quantitative estimate of drug-likeness (QED) is 0.750. The first-order valence-corrected chi connectivity index (χ1v) is 8.75. The van der Waals surface area contributed by atoms with Crippen LogP contribution in [0.2, 0.25) is 0 Å². The zero-order valence-corrected chi connectivity index (χ0v) is 15.2. The predicted octanol–water partition coefficient (Wildman–Crippen LogP) is 3.47. The molecule has 0 aliphatic rings. The molecule has 0 bridgehead atoms. The molecule has 0 aliphatic heterocycles. The topological polar surface area (TPSA) is 71.3 Å². The fourth-order valence-electron chi connectivity index (χ4n) is 2.52. The van der Waals surface area contributed by atoms with Crippen molar-refractivity contribution in [1.29, 1.82) is 5.26 Å². The Kier molecular flexibility index (Phi) is 7.50. The molecule has 0 aromatic heterocycles. The van der Waals surface area contributed by atoms with Crippen molar-refractivity contribution in [2.45, 2.75) is 32.7 Å². The number of ether oxygens (including phenoxy) is 2. The van der Waals surface area contributed by atoms with Crippen LogP contribution in [-0.4, -0.2) is 25.2 Å². The fourth-order valence-corrected chi connectivity index (χ4v) is 2.52. The van der Waals surface area contributed by atoms with Gasteiger partial charge in [-0.25, -0.2) is 0 Å². The molecule has 5 nitrogen and oxygen atoms in total. The Balaban J connectivity index is 1.81. The third-order valence-corrected chi connectivity index (χ3v) is 3.85. The van der Waals surface area contributed by atoms with Crippen molar-refractivity contribution < 1.29 is 14.3 Å². The summed E-state index contributed by atoms with van der Waals surface area (Å²) in [6, 6.07) is 17.2. The van der Waals surface area contributed by atoms with Gasteiger partial charge in [-0.2, -0.15) is 5.26 Å². The van der Waals surface area contributed by atoms with Crippen molar-refractivity contribution in [1.82, 2.24) is 5.32 Å². The van der Waals surface area contributed by atoms with E-state index in [1.165, 1.54) is 5.56 Å². The van der Waals surface area contributed by atoms with Crippen molar-refractivity contribution in [2.24, 2.45) is 0 Å². The number of nitrogens with one attached hydrogen (secondary N) is 1. The molecule has 0 unspecified atom stereocenters. The normalized spacial score (nSPS) is 11.3. The van der Waals surface area contributed by atoms with E-state index in [0.29, 0.717) is 23.7 Å². The minimum Gasteiger partial charge on any atom is -0.490 e. The van der Waals surface area contributed by atoms with E-state index in [2.05, 4.69) is 23.5 Å². The smallest absolute Gasteiger partial charge is 0.258 e. The van der Waals surface area contributed by atoms with E-state index in [-0.39, 0.29) is 18.6 Å². The minimum atomic E-state index is -0.183. The summed E-state index contributed by atoms with van der Waals surface area (Å²) in [6.45, 7) is 4.19. The van der Waals surface area contributed by atoms with E-state index in [4.69, 9.17) is 14.7 Å². The Labute approximate surface area is 154 Å². The number of amides is 1. The Morgan fingerprint density at radius 2 is 1.92 bits per heavy atom. The van der Waals surface area contributed by atoms with Crippen molar-refractivity contribution in [3.63, 3.8) is 0 Å². The Morgan fingerprint density at radius 3 is 2.62 bits per heavy atom. The number of carbonyl (C=O) groups is 1. The lowest BCUT2D eigenvalue weighted by atomic mass is 10.1. The van der Waals surface area contributed by atoms with Gasteiger partial charge in [0.25, 0.3) is 5.91 Å². The Hall–Kier alpha value is -3.00. The first-order chi connectivity index (χ1) is 12.6. The van der Waals surface area contributed by atoms with Crippen LogP contribution in [0.4, 0.5) is 0 Å². The van der Waals surface area contributed by atoms with E-state index in [0.717, 1.165) is 12.8 Å². The summed E-state index contributed by atoms with van der Waals surface area (Å²) < 4.78 is 11.0. The van der Waals surface area contributed by atoms with Gasteiger partial charge in [0.15, 0.2) is 18.1 Å². The molecule has 2 rings (SSSR count). The summed E-state index contributed by atoms with van der Waals surface area (Å²) in [7, 11) is 0. The molecule has 0 radical (unpaired) electrons. The molecule has 0 heterocycles. The highest BCUT2D eigenvalue weighted by Gasteiger charge is 2.11. The summed E-state index contributed by atoms with van der Waals surface area (Å²) in [6.07, 6.45) is 1.77. The van der Waals surface area contributed by atoms with Crippen LogP contribution in [-0.2, 0) is 11.2 Å². The molecule has 0 spiro atoms. The maximum Gasteiger partial charge on any atom is 0.258 e. The first-order valence-electron chi connectivity index (χ1n) is 8.75. The van der Waals surface area contributed by atoms with Gasteiger partial charge in [0, 0.05) is 12.1 Å². The number of carbonyl (C=O) groups excluding carboxylic acids is 1. The van der Waals surface area contributed by atoms with Crippen LogP contribution < -0.4 is 14.8 Å². The zero-order valence-electron chi connectivity index (χ0n) is 15.2. The summed E-state index contributed by atoms with van der Waals surface area (Å²) in [5, 5.41) is 11.9. The van der Waals surface area contributed by atoms with Gasteiger partial charge in [0.2, 0.25) is 0 Å². The van der Waals surface area contributed by atoms with E-state index in [1.54, 1.807) is 18.2 Å². The molecule has 0 saturated carbocycles. The van der Waals surface area contributed by atoms with E-state index in [1.807, 2.05) is 32.0 Å². The molecule has 136 valence electrons. The van der Waals surface area contributed by atoms with Crippen LogP contribution in [0.3, 0.4) is 0 Å². The number of nitriles is 1. The van der Waals surface area contributed by atoms with Gasteiger partial charge in [0.1, 0.15) is 0 Å². The number of aryl methyl sites for hydroxylation is 1. The number of hydrogen-bond acceptors (Lipinski definition) is 4. The highest BCUT2D eigenvalue weighted by Crippen LogP contribution is 2.28. The molecule has 2 aromatic rings. The van der Waals surface area contributed by atoms with Crippen LogP contribution >= 0.6 is 0 Å². The monoisotopic (exact) mass is 352 g/mol. The van der Waals surface area contributed by atoms with Gasteiger partial charge in [-0.05, 0) is 44.4 Å². The van der Waals surface area contributed by atoms with E-state index < -0.39 is 0 Å². The molecule has 26 heavy (non-hydrogen) atoms. The Morgan fingerprint density at radius 1 is 1.15 bits per heavy atom. The number of hydrogen-bond donors (Lipinski definition) is 1. The molecular weight excluding hydrogens is 328 g/mol. The van der Waals surface area contributed by atoms with Crippen molar-refractivity contribution in [2.75, 3.05) is 13.2 Å². The van der Waals surface area contributed by atoms with Crippen LogP contribution in [0, 0.1) is 11.3 Å². The molecule has 1 atom stereocenters. The van der Waals surface area contributed by atoms with Crippen LogP contribution in [0.25, 0.3) is 0 Å². The lowest BCUT2D eigenvalue weighted by molar-refractivity contribution is -0.123. The van der Waals surface area contributed by atoms with E-state index >= 15 is 0 Å². The van der Waals surface area contributed by atoms with Gasteiger partial charge in [-0.1, -0.05) is 30.3 Å². The fraction of sp³-hybridized carbons (Fsp3) is 0.333. The summed E-state index contributed by atoms with van der Waals surface area (Å²) in [4.78, 5) is 12.1. The second-order valence-corrected chi connectivity index (χ2v) is 5.99. The van der Waals surface area contributed by atoms with Gasteiger partial charge >= 0.3 is 0 Å². The maximum atomic E-state index is 12.1. The van der Waals surface area contributed by atoms with Crippen molar-refractivity contribution in [3.05, 3.63) is 59.7 Å². The minimum absolute atomic E-state index is 0.0543. The van der Waals surface area contributed by atoms with Crippen LogP contribution in [0.1, 0.15) is 31.4 Å². The number of benzene rings is 2. The molecule has 0 aliphatic carbocycles. The highest BCUT2D eigenvalue weighted by atomic mass is 16.5. The molecule has 0 saturated heterocycles. The van der Waals surface area contributed by atoms with Crippen molar-refractivity contribution >= 4 is 5.91 Å². The second-order valence-electron chi connectivity index (χ2n) is 5.99. The largest absolute Gasteiger partial charge is 0.490 e. The summed E-state index contributed by atoms with van der Waals surface area (Å²) >= 11 is 0. The lowest BCUT2D eigenvalue weighted by Gasteiger charge is -2.15. The molecule has 1 amide bonds. The molecular formula is C21H24N2O3. The van der Waals surface area contributed by atoms with Gasteiger partial charge < -0.3 is 14.8 Å². The van der Waals surface area contributed by atoms with Gasteiger partial charge in [-0.15, -0.1) is 0 Å². The number of nitrogens with zero attached hydrogens (tertiary/aromatic N) is 1. The first kappa shape index (κ1) is 19.3. The second kappa shape index (κ2) is 10.1. The predicted molar refractivity (Wildman–Crippen MR) is 100 cm³/mol. The average molecular weight is 352 g/mol. The SMILES string of the molecule is CCOc1cc(C#N)ccc1OCC(=O)N[C@@H](C)CCc1ccccc1. The summed E-state index contributed by atoms with van der Waals surface area (Å²) in [5.41, 5.74) is 1.74. The lowest BCUT2D eigenvalue weighted by Crippen LogP contribution is -2.36. The highest BCUT2D eigenvalue weighted by molar-refractivity contribution is 5.77. The van der Waals surface area contributed by atoms with Crippen LogP contribution in [0.5, 0.6) is 11.5 Å². The van der Waals surface area contributed by atoms with Gasteiger partial charge in [0.05, 0.1) is 18.2 Å². The molecule has 1 N–H and O–H groups in total. The number of rotatable bonds is 9. The third kappa shape index (κ3) is 6.14. The van der Waals surface area contributed by atoms with Gasteiger partial charge in [-0.3, -0.25) is 4.79 Å². The summed E-state index contributed by atoms with van der Waals surface area (Å²) in [5.74, 6) is 0.742. The Bertz CT molecular complexity index is 754. The van der Waals surface area contributed by atoms with Crippen LogP contribution in [0.15, 0.2) is 48.5 Å². The van der Waals surface area contributed by atoms with E-state index in [9.17, 15) is 4.79 Å². The molecule has 0 fully saturated rings. The van der Waals surface area contributed by atoms with Crippen molar-refractivity contribution in [3.8, 4) is 17.6 Å². The average Bonchev–Trinajstić information content (AvgIpc) is 2.66. The maximum absolute atomic E-state index is 12.1. The molecule has 2 aromatic carbocycles. The molecule has 5 heteroatoms. The standard InChI is InChI=1S/C21H24N2O3/c1-3-25-20-13-18(14-22)11-12-19(20)26-15-21(24)23-16(2)9-10-17-7-5-4-6-8-17/h4-8,11-13,16H,3,9-10,15H2,1-2H3,(H,23,24)/t16-/m0/s1.